The van der Waals surface area contributed by atoms with E-state index in [1.807, 2.05) is 0 Å². The van der Waals surface area contributed by atoms with Gasteiger partial charge in [0.1, 0.15) is 0 Å². The summed E-state index contributed by atoms with van der Waals surface area (Å²) >= 11 is 11.9. The Labute approximate surface area is 123 Å². The lowest BCUT2D eigenvalue weighted by Crippen LogP contribution is -2.38. The maximum Gasteiger partial charge on any atom is 0.251 e. The number of hydrogen-bond acceptors (Lipinski definition) is 2. The second-order valence-electron chi connectivity index (χ2n) is 5.30. The third kappa shape index (κ3) is 3.54. The van der Waals surface area contributed by atoms with Crippen LogP contribution in [0.3, 0.4) is 0 Å². The normalized spacial score (nSPS) is 23.1. The highest BCUT2D eigenvalue weighted by atomic mass is 35.5. The molecule has 1 aliphatic rings. The second-order valence-corrected chi connectivity index (χ2v) is 6.11. The van der Waals surface area contributed by atoms with Crippen LogP contribution in [0.4, 0.5) is 5.69 Å². The van der Waals surface area contributed by atoms with Crippen LogP contribution in [-0.2, 0) is 0 Å². The maximum atomic E-state index is 12.2. The zero-order valence-corrected chi connectivity index (χ0v) is 12.4. The van der Waals surface area contributed by atoms with E-state index in [0.717, 1.165) is 19.3 Å². The van der Waals surface area contributed by atoms with Crippen molar-refractivity contribution in [1.82, 2.24) is 5.32 Å². The average molecular weight is 301 g/mol. The molecule has 1 fully saturated rings. The van der Waals surface area contributed by atoms with Gasteiger partial charge in [-0.1, -0.05) is 43.0 Å². The standard InChI is InChI=1S/C14H18Cl2N2O/c1-8-3-2-4-10(5-8)18-14(19)9-6-11(15)13(17)12(16)7-9/h6-8,10H,2-5,17H2,1H3,(H,18,19). The Kier molecular flexibility index (Phi) is 4.58. The van der Waals surface area contributed by atoms with Gasteiger partial charge in [0, 0.05) is 11.6 Å². The van der Waals surface area contributed by atoms with E-state index in [1.54, 1.807) is 12.1 Å². The molecule has 2 unspecified atom stereocenters. The molecule has 3 nitrogen and oxygen atoms in total. The smallest absolute Gasteiger partial charge is 0.251 e. The lowest BCUT2D eigenvalue weighted by Gasteiger charge is -2.27. The molecule has 0 spiro atoms. The molecule has 0 aliphatic heterocycles. The predicted octanol–water partition coefficient (Wildman–Crippen LogP) is 3.88. The highest BCUT2D eigenvalue weighted by Gasteiger charge is 2.21. The minimum absolute atomic E-state index is 0.136. The van der Waals surface area contributed by atoms with Crippen LogP contribution in [0, 0.1) is 5.92 Å². The van der Waals surface area contributed by atoms with Crippen molar-refractivity contribution in [3.63, 3.8) is 0 Å². The van der Waals surface area contributed by atoms with Crippen LogP contribution >= 0.6 is 23.2 Å². The minimum Gasteiger partial charge on any atom is -0.396 e. The Hall–Kier alpha value is -0.930. The van der Waals surface area contributed by atoms with Crippen LogP contribution in [0.25, 0.3) is 0 Å². The zero-order chi connectivity index (χ0) is 14.0. The van der Waals surface area contributed by atoms with Crippen molar-refractivity contribution >= 4 is 34.8 Å². The Morgan fingerprint density at radius 2 is 1.95 bits per heavy atom. The molecule has 2 atom stereocenters. The molecule has 1 aliphatic carbocycles. The Morgan fingerprint density at radius 3 is 2.53 bits per heavy atom. The van der Waals surface area contributed by atoms with Gasteiger partial charge in [-0.15, -0.1) is 0 Å². The van der Waals surface area contributed by atoms with E-state index < -0.39 is 0 Å². The summed E-state index contributed by atoms with van der Waals surface area (Å²) in [5.74, 6) is 0.528. The van der Waals surface area contributed by atoms with E-state index in [0.29, 0.717) is 27.2 Å². The van der Waals surface area contributed by atoms with Gasteiger partial charge >= 0.3 is 0 Å². The van der Waals surface area contributed by atoms with Crippen molar-refractivity contribution in [2.45, 2.75) is 38.6 Å². The van der Waals surface area contributed by atoms with Crippen molar-refractivity contribution in [3.05, 3.63) is 27.7 Å². The fraction of sp³-hybridized carbons (Fsp3) is 0.500. The van der Waals surface area contributed by atoms with Crippen molar-refractivity contribution in [2.75, 3.05) is 5.73 Å². The maximum absolute atomic E-state index is 12.2. The van der Waals surface area contributed by atoms with Gasteiger partial charge in [-0.3, -0.25) is 4.79 Å². The molecule has 0 radical (unpaired) electrons. The van der Waals surface area contributed by atoms with Crippen molar-refractivity contribution in [3.8, 4) is 0 Å². The fourth-order valence-electron chi connectivity index (χ4n) is 2.55. The first-order valence-electron chi connectivity index (χ1n) is 6.52. The van der Waals surface area contributed by atoms with Gasteiger partial charge in [-0.2, -0.15) is 0 Å². The van der Waals surface area contributed by atoms with Gasteiger partial charge in [0.25, 0.3) is 5.91 Å². The van der Waals surface area contributed by atoms with Crippen LogP contribution in [0.15, 0.2) is 12.1 Å². The molecule has 1 aromatic rings. The van der Waals surface area contributed by atoms with Crippen molar-refractivity contribution in [1.29, 1.82) is 0 Å². The summed E-state index contributed by atoms with van der Waals surface area (Å²) < 4.78 is 0. The van der Waals surface area contributed by atoms with E-state index in [4.69, 9.17) is 28.9 Å². The summed E-state index contributed by atoms with van der Waals surface area (Å²) in [4.78, 5) is 12.2. The zero-order valence-electron chi connectivity index (χ0n) is 10.9. The third-order valence-electron chi connectivity index (χ3n) is 3.61. The van der Waals surface area contributed by atoms with Gasteiger partial charge in [0.2, 0.25) is 0 Å². The molecule has 0 saturated heterocycles. The van der Waals surface area contributed by atoms with Gasteiger partial charge < -0.3 is 11.1 Å². The molecule has 104 valence electrons. The number of carbonyl (C=O) groups excluding carboxylic acids is 1. The highest BCUT2D eigenvalue weighted by Crippen LogP contribution is 2.29. The lowest BCUT2D eigenvalue weighted by atomic mass is 9.87. The topological polar surface area (TPSA) is 55.1 Å². The summed E-state index contributed by atoms with van der Waals surface area (Å²) in [6.07, 6.45) is 4.47. The monoisotopic (exact) mass is 300 g/mol. The van der Waals surface area contributed by atoms with Crippen LogP contribution in [0.2, 0.25) is 10.0 Å². The average Bonchev–Trinajstić information content (AvgIpc) is 2.35. The number of nitrogens with two attached hydrogens (primary N) is 1. The number of hydrogen-bond donors (Lipinski definition) is 2. The van der Waals surface area contributed by atoms with E-state index in [-0.39, 0.29) is 11.9 Å². The highest BCUT2D eigenvalue weighted by molar-refractivity contribution is 6.39. The molecule has 0 bridgehead atoms. The van der Waals surface area contributed by atoms with Crippen LogP contribution in [0.5, 0.6) is 0 Å². The first kappa shape index (κ1) is 14.5. The molecule has 1 saturated carbocycles. The quantitative estimate of drug-likeness (QED) is 0.814. The molecular weight excluding hydrogens is 283 g/mol. The number of nitrogens with one attached hydrogen (secondary N) is 1. The number of nitrogen functional groups attached to an aromatic ring is 1. The summed E-state index contributed by atoms with van der Waals surface area (Å²) in [6.45, 7) is 2.22. The SMILES string of the molecule is CC1CCCC(NC(=O)c2cc(Cl)c(N)c(Cl)c2)C1. The van der Waals surface area contributed by atoms with Crippen LogP contribution in [0.1, 0.15) is 43.0 Å². The molecule has 2 rings (SSSR count). The van der Waals surface area contributed by atoms with Crippen LogP contribution < -0.4 is 11.1 Å². The van der Waals surface area contributed by atoms with Gasteiger partial charge in [0.15, 0.2) is 0 Å². The summed E-state index contributed by atoms with van der Waals surface area (Å²) in [5.41, 5.74) is 6.43. The summed E-state index contributed by atoms with van der Waals surface area (Å²) in [6, 6.07) is 3.36. The number of benzene rings is 1. The van der Waals surface area contributed by atoms with Gasteiger partial charge in [-0.05, 0) is 30.9 Å². The number of anilines is 1. The van der Waals surface area contributed by atoms with E-state index in [9.17, 15) is 4.79 Å². The van der Waals surface area contributed by atoms with Crippen LogP contribution in [-0.4, -0.2) is 11.9 Å². The van der Waals surface area contributed by atoms with Gasteiger partial charge in [0.05, 0.1) is 15.7 Å². The number of rotatable bonds is 2. The molecular formula is C14H18Cl2N2O. The molecule has 1 amide bonds. The minimum atomic E-state index is -0.136. The van der Waals surface area contributed by atoms with E-state index in [1.165, 1.54) is 6.42 Å². The fourth-order valence-corrected chi connectivity index (χ4v) is 3.04. The second kappa shape index (κ2) is 6.02. The Bertz CT molecular complexity index is 467. The van der Waals surface area contributed by atoms with Gasteiger partial charge in [-0.25, -0.2) is 0 Å². The molecule has 5 heteroatoms. The number of carbonyl (C=O) groups is 1. The van der Waals surface area contributed by atoms with Crippen molar-refractivity contribution < 1.29 is 4.79 Å². The summed E-state index contributed by atoms with van der Waals surface area (Å²) in [5, 5.41) is 3.67. The summed E-state index contributed by atoms with van der Waals surface area (Å²) in [7, 11) is 0. The molecule has 3 N–H and O–H groups in total. The first-order chi connectivity index (χ1) is 8.97. The number of amides is 1. The number of halogens is 2. The molecule has 1 aromatic carbocycles. The Balaban J connectivity index is 2.07. The molecule has 0 heterocycles. The van der Waals surface area contributed by atoms with E-state index in [2.05, 4.69) is 12.2 Å². The van der Waals surface area contributed by atoms with E-state index >= 15 is 0 Å². The van der Waals surface area contributed by atoms with Crippen molar-refractivity contribution in [2.24, 2.45) is 5.92 Å². The Morgan fingerprint density at radius 1 is 1.32 bits per heavy atom. The first-order valence-corrected chi connectivity index (χ1v) is 7.28. The lowest BCUT2D eigenvalue weighted by molar-refractivity contribution is 0.0921. The third-order valence-corrected chi connectivity index (χ3v) is 4.24. The molecule has 19 heavy (non-hydrogen) atoms. The predicted molar refractivity (Wildman–Crippen MR) is 79.8 cm³/mol. The molecule has 0 aromatic heterocycles. The largest absolute Gasteiger partial charge is 0.396 e.